The third-order valence-corrected chi connectivity index (χ3v) is 5.20. The topological polar surface area (TPSA) is 48.0 Å². The number of ether oxygens (including phenoxy) is 3. The minimum Gasteiger partial charge on any atom is -0.493 e. The zero-order chi connectivity index (χ0) is 20.2. The van der Waals surface area contributed by atoms with Crippen LogP contribution in [0.4, 0.5) is 9.18 Å². The van der Waals surface area contributed by atoms with Crippen LogP contribution in [0.3, 0.4) is 0 Å². The molecule has 152 valence electrons. The van der Waals surface area contributed by atoms with Crippen molar-refractivity contribution in [3.05, 3.63) is 71.6 Å². The number of hydrogen-bond donors (Lipinski definition) is 0. The molecule has 1 saturated heterocycles. The predicted octanol–water partition coefficient (Wildman–Crippen LogP) is 4.42. The number of morpholine rings is 1. The van der Waals surface area contributed by atoms with E-state index in [1.807, 2.05) is 43.3 Å². The maximum atomic E-state index is 13.9. The highest BCUT2D eigenvalue weighted by Crippen LogP contribution is 2.37. The van der Waals surface area contributed by atoms with Gasteiger partial charge in [-0.25, -0.2) is 9.18 Å². The Morgan fingerprint density at radius 2 is 2.03 bits per heavy atom. The fourth-order valence-electron chi connectivity index (χ4n) is 3.91. The summed E-state index contributed by atoms with van der Waals surface area (Å²) in [5, 5.41) is 0. The van der Waals surface area contributed by atoms with E-state index in [0.717, 1.165) is 16.7 Å². The largest absolute Gasteiger partial charge is 0.493 e. The van der Waals surface area contributed by atoms with E-state index in [4.69, 9.17) is 14.2 Å². The second-order valence-electron chi connectivity index (χ2n) is 7.18. The maximum absolute atomic E-state index is 13.9. The monoisotopic (exact) mass is 397 g/mol. The molecular weight excluding hydrogens is 373 g/mol. The summed E-state index contributed by atoms with van der Waals surface area (Å²) in [4.78, 5) is 14.5. The summed E-state index contributed by atoms with van der Waals surface area (Å²) < 4.78 is 30.8. The molecule has 2 aliphatic rings. The van der Waals surface area contributed by atoms with E-state index in [9.17, 15) is 9.18 Å². The molecule has 0 saturated carbocycles. The van der Waals surface area contributed by atoms with Crippen molar-refractivity contribution >= 4 is 11.7 Å². The van der Waals surface area contributed by atoms with Crippen LogP contribution in [0.1, 0.15) is 24.5 Å². The van der Waals surface area contributed by atoms with Gasteiger partial charge in [0.05, 0.1) is 31.9 Å². The van der Waals surface area contributed by atoms with Crippen LogP contribution in [0.15, 0.2) is 54.6 Å². The van der Waals surface area contributed by atoms with E-state index in [1.54, 1.807) is 11.0 Å². The van der Waals surface area contributed by atoms with Gasteiger partial charge in [-0.1, -0.05) is 36.4 Å². The van der Waals surface area contributed by atoms with Gasteiger partial charge < -0.3 is 14.2 Å². The van der Waals surface area contributed by atoms with Crippen molar-refractivity contribution < 1.29 is 23.4 Å². The zero-order valence-corrected chi connectivity index (χ0v) is 16.3. The molecule has 6 heteroatoms. The normalized spacial score (nSPS) is 20.8. The summed E-state index contributed by atoms with van der Waals surface area (Å²) in [7, 11) is 0. The maximum Gasteiger partial charge on any atom is 0.411 e. The van der Waals surface area contributed by atoms with Crippen molar-refractivity contribution in [2.45, 2.75) is 32.0 Å². The zero-order valence-electron chi connectivity index (χ0n) is 16.3. The molecule has 2 aromatic carbocycles. The minimum atomic E-state index is -0.355. The van der Waals surface area contributed by atoms with Crippen LogP contribution in [-0.2, 0) is 16.1 Å². The summed E-state index contributed by atoms with van der Waals surface area (Å²) in [6.07, 6.45) is 2.17. The van der Waals surface area contributed by atoms with E-state index >= 15 is 0 Å². The Morgan fingerprint density at radius 3 is 2.79 bits per heavy atom. The van der Waals surface area contributed by atoms with Crippen molar-refractivity contribution in [2.24, 2.45) is 0 Å². The standard InChI is InChI=1S/C23H24FNO4/c1-2-28-22-9-8-18(24)12-21(22)17-10-19-14-27-15-20(11-17)25(19)23(26)29-13-16-6-4-3-5-7-16/h3-10,12,19-20H,2,11,13-15H2,1H3. The van der Waals surface area contributed by atoms with Gasteiger partial charge in [-0.2, -0.15) is 0 Å². The average Bonchev–Trinajstić information content (AvgIpc) is 2.73. The molecule has 2 aliphatic heterocycles. The van der Waals surface area contributed by atoms with Gasteiger partial charge in [0.1, 0.15) is 18.2 Å². The second kappa shape index (κ2) is 8.66. The first kappa shape index (κ1) is 19.5. The summed E-state index contributed by atoms with van der Waals surface area (Å²) in [5.74, 6) is 0.342. The van der Waals surface area contributed by atoms with Crippen LogP contribution in [-0.4, -0.2) is 42.9 Å². The van der Waals surface area contributed by atoms with Gasteiger partial charge in [0.25, 0.3) is 0 Å². The van der Waals surface area contributed by atoms with E-state index < -0.39 is 0 Å². The number of fused-ring (bicyclic) bond motifs is 2. The molecular formula is C23H24FNO4. The van der Waals surface area contributed by atoms with Crippen LogP contribution < -0.4 is 4.74 Å². The van der Waals surface area contributed by atoms with Crippen LogP contribution in [0, 0.1) is 5.82 Å². The first-order chi connectivity index (χ1) is 14.2. The molecule has 1 amide bonds. The number of carbonyl (C=O) groups is 1. The molecule has 0 aliphatic carbocycles. The lowest BCUT2D eigenvalue weighted by Crippen LogP contribution is -2.56. The van der Waals surface area contributed by atoms with Crippen molar-refractivity contribution in [2.75, 3.05) is 19.8 Å². The Hall–Kier alpha value is -2.86. The fraction of sp³-hybridized carbons (Fsp3) is 0.348. The van der Waals surface area contributed by atoms with Gasteiger partial charge in [0.2, 0.25) is 0 Å². The van der Waals surface area contributed by atoms with E-state index in [2.05, 4.69) is 0 Å². The number of amides is 1. The molecule has 0 aromatic heterocycles. The van der Waals surface area contributed by atoms with Crippen LogP contribution >= 0.6 is 0 Å². The summed E-state index contributed by atoms with van der Waals surface area (Å²) >= 11 is 0. The molecule has 2 bridgehead atoms. The van der Waals surface area contributed by atoms with Gasteiger partial charge in [-0.05, 0) is 42.7 Å². The third kappa shape index (κ3) is 4.27. The van der Waals surface area contributed by atoms with Crippen molar-refractivity contribution in [3.8, 4) is 5.75 Å². The molecule has 2 atom stereocenters. The Kier molecular flexibility index (Phi) is 5.81. The Bertz CT molecular complexity index is 899. The van der Waals surface area contributed by atoms with E-state index in [-0.39, 0.29) is 30.6 Å². The van der Waals surface area contributed by atoms with E-state index in [0.29, 0.717) is 32.0 Å². The lowest BCUT2D eigenvalue weighted by Gasteiger charge is -2.43. The average molecular weight is 397 g/mol. The Morgan fingerprint density at radius 1 is 1.21 bits per heavy atom. The highest BCUT2D eigenvalue weighted by atomic mass is 19.1. The van der Waals surface area contributed by atoms with Gasteiger partial charge in [0.15, 0.2) is 0 Å². The van der Waals surface area contributed by atoms with Gasteiger partial charge in [-0.3, -0.25) is 4.90 Å². The number of rotatable bonds is 5. The van der Waals surface area contributed by atoms with Gasteiger partial charge in [-0.15, -0.1) is 0 Å². The Balaban J connectivity index is 1.54. The minimum absolute atomic E-state index is 0.158. The van der Waals surface area contributed by atoms with Crippen LogP contribution in [0.5, 0.6) is 5.75 Å². The smallest absolute Gasteiger partial charge is 0.411 e. The SMILES string of the molecule is CCOc1ccc(F)cc1C1=CC2COCC(C1)N2C(=O)OCc1ccccc1. The molecule has 2 unspecified atom stereocenters. The molecule has 5 nitrogen and oxygen atoms in total. The van der Waals surface area contributed by atoms with Crippen LogP contribution in [0.25, 0.3) is 5.57 Å². The highest BCUT2D eigenvalue weighted by molar-refractivity contribution is 5.76. The van der Waals surface area contributed by atoms with Crippen molar-refractivity contribution in [1.82, 2.24) is 4.90 Å². The number of nitrogens with zero attached hydrogens (tertiary/aromatic N) is 1. The quantitative estimate of drug-likeness (QED) is 0.750. The molecule has 29 heavy (non-hydrogen) atoms. The molecule has 0 spiro atoms. The Labute approximate surface area is 169 Å². The second-order valence-corrected chi connectivity index (χ2v) is 7.18. The summed E-state index contributed by atoms with van der Waals surface area (Å²) in [5.41, 5.74) is 2.65. The lowest BCUT2D eigenvalue weighted by molar-refractivity contribution is -0.0342. The molecule has 0 radical (unpaired) electrons. The van der Waals surface area contributed by atoms with Crippen molar-refractivity contribution in [3.63, 3.8) is 0 Å². The number of halogens is 1. The van der Waals surface area contributed by atoms with E-state index in [1.165, 1.54) is 12.1 Å². The van der Waals surface area contributed by atoms with Gasteiger partial charge >= 0.3 is 6.09 Å². The molecule has 2 heterocycles. The number of hydrogen-bond acceptors (Lipinski definition) is 4. The lowest BCUT2D eigenvalue weighted by atomic mass is 9.89. The highest BCUT2D eigenvalue weighted by Gasteiger charge is 2.39. The molecule has 0 N–H and O–H groups in total. The van der Waals surface area contributed by atoms with Crippen molar-refractivity contribution in [1.29, 1.82) is 0 Å². The third-order valence-electron chi connectivity index (χ3n) is 5.20. The summed E-state index contributed by atoms with van der Waals surface area (Å²) in [6, 6.07) is 13.7. The molecule has 4 rings (SSSR count). The predicted molar refractivity (Wildman–Crippen MR) is 107 cm³/mol. The van der Waals surface area contributed by atoms with Crippen LogP contribution in [0.2, 0.25) is 0 Å². The summed E-state index contributed by atoms with van der Waals surface area (Å²) in [6.45, 7) is 3.44. The first-order valence-electron chi connectivity index (χ1n) is 9.86. The fourth-order valence-corrected chi connectivity index (χ4v) is 3.91. The van der Waals surface area contributed by atoms with Gasteiger partial charge in [0, 0.05) is 5.56 Å². The molecule has 2 aromatic rings. The first-order valence-corrected chi connectivity index (χ1v) is 9.86. The molecule has 1 fully saturated rings. The number of carbonyl (C=O) groups excluding carboxylic acids is 1. The number of benzene rings is 2.